The maximum atomic E-state index is 11.9. The molecule has 5 nitrogen and oxygen atoms in total. The Morgan fingerprint density at radius 3 is 2.91 bits per heavy atom. The number of rotatable bonds is 2. The first kappa shape index (κ1) is 14.9. The van der Waals surface area contributed by atoms with Gasteiger partial charge in [-0.2, -0.15) is 0 Å². The van der Waals surface area contributed by atoms with E-state index in [0.29, 0.717) is 0 Å². The van der Waals surface area contributed by atoms with Crippen LogP contribution in [0.3, 0.4) is 0 Å². The summed E-state index contributed by atoms with van der Waals surface area (Å²) in [7, 11) is 0. The lowest BCUT2D eigenvalue weighted by Gasteiger charge is -2.35. The third-order valence-electron chi connectivity index (χ3n) is 5.08. The molecule has 1 saturated heterocycles. The summed E-state index contributed by atoms with van der Waals surface area (Å²) in [6.45, 7) is 0.852. The summed E-state index contributed by atoms with van der Waals surface area (Å²) in [6.07, 6.45) is 10.6. The average Bonchev–Trinajstić information content (AvgIpc) is 2.76. The van der Waals surface area contributed by atoms with E-state index in [0.717, 1.165) is 49.3 Å². The Kier molecular flexibility index (Phi) is 3.93. The molecule has 0 aromatic carbocycles. The molecule has 4 rings (SSSR count). The van der Waals surface area contributed by atoms with Crippen molar-refractivity contribution in [3.8, 4) is 0 Å². The van der Waals surface area contributed by atoms with E-state index >= 15 is 0 Å². The van der Waals surface area contributed by atoms with Crippen LogP contribution in [-0.2, 0) is 17.6 Å². The number of thiophene rings is 1. The number of primary amides is 1. The van der Waals surface area contributed by atoms with Crippen molar-refractivity contribution >= 4 is 33.3 Å². The highest BCUT2D eigenvalue weighted by Crippen LogP contribution is 2.39. The molecular weight excluding hydrogens is 308 g/mol. The monoisotopic (exact) mass is 330 g/mol. The summed E-state index contributed by atoms with van der Waals surface area (Å²) in [5, 5.41) is 1.18. The highest BCUT2D eigenvalue weighted by atomic mass is 32.1. The third kappa shape index (κ3) is 2.59. The van der Waals surface area contributed by atoms with Gasteiger partial charge in [0.15, 0.2) is 0 Å². The van der Waals surface area contributed by atoms with E-state index in [2.05, 4.69) is 14.9 Å². The van der Waals surface area contributed by atoms with Gasteiger partial charge >= 0.3 is 0 Å². The molecule has 1 unspecified atom stereocenters. The molecule has 1 aliphatic carbocycles. The molecule has 23 heavy (non-hydrogen) atoms. The number of hydrogen-bond donors (Lipinski definition) is 1. The Balaban J connectivity index is 1.86. The predicted molar refractivity (Wildman–Crippen MR) is 92.9 cm³/mol. The van der Waals surface area contributed by atoms with Crippen LogP contribution in [0, 0.1) is 0 Å². The molecule has 0 saturated carbocycles. The van der Waals surface area contributed by atoms with Gasteiger partial charge in [-0.3, -0.25) is 4.79 Å². The summed E-state index contributed by atoms with van der Waals surface area (Å²) in [5.41, 5.74) is 7.08. The molecule has 2 N–H and O–H groups in total. The second kappa shape index (κ2) is 6.07. The summed E-state index contributed by atoms with van der Waals surface area (Å²) in [6, 6.07) is -0.233. The minimum atomic E-state index is -0.238. The van der Waals surface area contributed by atoms with E-state index in [1.807, 2.05) is 0 Å². The van der Waals surface area contributed by atoms with Crippen LogP contribution in [0.15, 0.2) is 6.33 Å². The van der Waals surface area contributed by atoms with Gasteiger partial charge in [-0.1, -0.05) is 6.42 Å². The lowest BCUT2D eigenvalue weighted by Crippen LogP contribution is -2.48. The number of nitrogens with two attached hydrogens (primary N) is 1. The molecule has 1 aliphatic heterocycles. The van der Waals surface area contributed by atoms with E-state index in [1.165, 1.54) is 35.1 Å². The predicted octanol–water partition coefficient (Wildman–Crippen LogP) is 2.80. The molecule has 0 spiro atoms. The summed E-state index contributed by atoms with van der Waals surface area (Å²) < 4.78 is 0. The van der Waals surface area contributed by atoms with Crippen molar-refractivity contribution in [2.45, 2.75) is 57.4 Å². The zero-order valence-electron chi connectivity index (χ0n) is 13.3. The van der Waals surface area contributed by atoms with Crippen molar-refractivity contribution in [1.82, 2.24) is 9.97 Å². The van der Waals surface area contributed by atoms with Crippen molar-refractivity contribution in [1.29, 1.82) is 0 Å². The first-order valence-corrected chi connectivity index (χ1v) is 9.38. The van der Waals surface area contributed by atoms with Crippen LogP contribution in [0.1, 0.15) is 49.0 Å². The summed E-state index contributed by atoms with van der Waals surface area (Å²) in [5.74, 6) is 0.690. The van der Waals surface area contributed by atoms with Crippen LogP contribution >= 0.6 is 11.3 Å². The van der Waals surface area contributed by atoms with E-state index in [1.54, 1.807) is 17.7 Å². The first-order valence-electron chi connectivity index (χ1n) is 8.57. The lowest BCUT2D eigenvalue weighted by atomic mass is 10.0. The molecule has 2 aromatic heterocycles. The van der Waals surface area contributed by atoms with Crippen molar-refractivity contribution in [3.05, 3.63) is 16.8 Å². The fourth-order valence-electron chi connectivity index (χ4n) is 3.95. The molecule has 1 fully saturated rings. The quantitative estimate of drug-likeness (QED) is 0.860. The van der Waals surface area contributed by atoms with Crippen LogP contribution in [0.2, 0.25) is 0 Å². The van der Waals surface area contributed by atoms with Gasteiger partial charge in [0, 0.05) is 11.4 Å². The van der Waals surface area contributed by atoms with E-state index in [4.69, 9.17) is 5.73 Å². The molecule has 3 heterocycles. The second-order valence-electron chi connectivity index (χ2n) is 6.55. The van der Waals surface area contributed by atoms with Gasteiger partial charge < -0.3 is 10.6 Å². The highest BCUT2D eigenvalue weighted by molar-refractivity contribution is 7.18. The second-order valence-corrected chi connectivity index (χ2v) is 7.63. The van der Waals surface area contributed by atoms with Gasteiger partial charge in [-0.25, -0.2) is 9.97 Å². The maximum Gasteiger partial charge on any atom is 0.240 e. The van der Waals surface area contributed by atoms with Gasteiger partial charge in [0.2, 0.25) is 5.91 Å². The third-order valence-corrected chi connectivity index (χ3v) is 6.28. The maximum absolute atomic E-state index is 11.9. The van der Waals surface area contributed by atoms with E-state index < -0.39 is 0 Å². The molecule has 6 heteroatoms. The lowest BCUT2D eigenvalue weighted by molar-refractivity contribution is -0.119. The highest BCUT2D eigenvalue weighted by Gasteiger charge is 2.31. The van der Waals surface area contributed by atoms with Gasteiger partial charge in [0.25, 0.3) is 0 Å². The summed E-state index contributed by atoms with van der Waals surface area (Å²) >= 11 is 1.81. The van der Waals surface area contributed by atoms with Crippen molar-refractivity contribution in [2.24, 2.45) is 5.73 Å². The number of carbonyl (C=O) groups excluding carboxylic acids is 1. The number of fused-ring (bicyclic) bond motifs is 3. The minimum Gasteiger partial charge on any atom is -0.368 e. The Bertz CT molecular complexity index is 742. The topological polar surface area (TPSA) is 72.1 Å². The fourth-order valence-corrected chi connectivity index (χ4v) is 5.17. The fraction of sp³-hybridized carbons (Fsp3) is 0.588. The average molecular weight is 330 g/mol. The SMILES string of the molecule is NC(=O)C1CCCCN1c1ncnc2sc3c(c12)CCCCC3. The van der Waals surface area contributed by atoms with Gasteiger partial charge in [0.05, 0.1) is 5.39 Å². The number of piperidine rings is 1. The van der Waals surface area contributed by atoms with Crippen molar-refractivity contribution in [3.63, 3.8) is 0 Å². The molecule has 122 valence electrons. The Morgan fingerprint density at radius 2 is 2.04 bits per heavy atom. The van der Waals surface area contributed by atoms with Crippen molar-refractivity contribution < 1.29 is 4.79 Å². The number of hydrogen-bond acceptors (Lipinski definition) is 5. The first-order chi connectivity index (χ1) is 11.3. The minimum absolute atomic E-state index is 0.233. The van der Waals surface area contributed by atoms with E-state index in [9.17, 15) is 4.79 Å². The smallest absolute Gasteiger partial charge is 0.240 e. The Morgan fingerprint density at radius 1 is 1.17 bits per heavy atom. The normalized spacial score (nSPS) is 21.9. The van der Waals surface area contributed by atoms with Crippen LogP contribution < -0.4 is 10.6 Å². The number of aryl methyl sites for hydroxylation is 2. The number of aromatic nitrogens is 2. The van der Waals surface area contributed by atoms with Gasteiger partial charge in [0.1, 0.15) is 23.0 Å². The molecule has 1 atom stereocenters. The van der Waals surface area contributed by atoms with Crippen LogP contribution in [0.4, 0.5) is 5.82 Å². The largest absolute Gasteiger partial charge is 0.368 e. The molecule has 0 bridgehead atoms. The van der Waals surface area contributed by atoms with Gasteiger partial charge in [-0.15, -0.1) is 11.3 Å². The molecule has 0 radical (unpaired) electrons. The van der Waals surface area contributed by atoms with Crippen LogP contribution in [-0.4, -0.2) is 28.5 Å². The standard InChI is InChI=1S/C17H22N4OS/c18-15(22)12-7-4-5-9-21(12)16-14-11-6-2-1-3-8-13(11)23-17(14)20-10-19-16/h10,12H,1-9H2,(H2,18,22). The number of amides is 1. The van der Waals surface area contributed by atoms with Gasteiger partial charge in [-0.05, 0) is 50.5 Å². The molecule has 1 amide bonds. The zero-order valence-corrected chi connectivity index (χ0v) is 14.1. The number of anilines is 1. The van der Waals surface area contributed by atoms with Crippen LogP contribution in [0.5, 0.6) is 0 Å². The number of nitrogens with zero attached hydrogens (tertiary/aromatic N) is 3. The van der Waals surface area contributed by atoms with Crippen molar-refractivity contribution in [2.75, 3.05) is 11.4 Å². The summed E-state index contributed by atoms with van der Waals surface area (Å²) in [4.78, 5) is 25.7. The zero-order chi connectivity index (χ0) is 15.8. The Labute approximate surface area is 139 Å². The molecule has 2 aliphatic rings. The number of carbonyl (C=O) groups is 1. The Hall–Kier alpha value is -1.69. The molecular formula is C17H22N4OS. The van der Waals surface area contributed by atoms with Crippen LogP contribution in [0.25, 0.3) is 10.2 Å². The van der Waals surface area contributed by atoms with E-state index in [-0.39, 0.29) is 11.9 Å². The molecule has 2 aromatic rings.